The number of nitrogens with zero attached hydrogens (tertiary/aromatic N) is 1. The van der Waals surface area contributed by atoms with Gasteiger partial charge in [0.15, 0.2) is 0 Å². The first-order valence-corrected chi connectivity index (χ1v) is 8.68. The zero-order valence-electron chi connectivity index (χ0n) is 14.6. The van der Waals surface area contributed by atoms with Gasteiger partial charge in [-0.2, -0.15) is 0 Å². The van der Waals surface area contributed by atoms with Crippen molar-refractivity contribution in [1.82, 2.24) is 4.98 Å². The summed E-state index contributed by atoms with van der Waals surface area (Å²) in [5.74, 6) is 0.138. The lowest BCUT2D eigenvalue weighted by atomic mass is 9.99. The molecule has 3 heteroatoms. The van der Waals surface area contributed by atoms with Gasteiger partial charge in [-0.05, 0) is 64.7 Å². The molecule has 0 N–H and O–H groups in total. The molecular formula is C24H17NO2. The van der Waals surface area contributed by atoms with Gasteiger partial charge in [0, 0.05) is 12.4 Å². The molecule has 0 aliphatic heterocycles. The average molecular weight is 351 g/mol. The maximum atomic E-state index is 12.5. The highest BCUT2D eigenvalue weighted by Gasteiger charge is 2.11. The van der Waals surface area contributed by atoms with Crippen molar-refractivity contribution in [1.29, 1.82) is 0 Å². The number of carbonyl (C=O) groups excluding carboxylic acids is 1. The maximum absolute atomic E-state index is 12.5. The van der Waals surface area contributed by atoms with E-state index in [1.165, 1.54) is 0 Å². The summed E-state index contributed by atoms with van der Waals surface area (Å²) in [5.41, 5.74) is 4.55. The maximum Gasteiger partial charge on any atom is 0.343 e. The molecule has 0 saturated carbocycles. The van der Waals surface area contributed by atoms with E-state index in [0.29, 0.717) is 11.3 Å². The fourth-order valence-corrected chi connectivity index (χ4v) is 2.91. The molecule has 0 saturated heterocycles. The van der Waals surface area contributed by atoms with Gasteiger partial charge < -0.3 is 4.74 Å². The van der Waals surface area contributed by atoms with Gasteiger partial charge in [-0.3, -0.25) is 4.98 Å². The summed E-state index contributed by atoms with van der Waals surface area (Å²) in [5, 5.41) is 0. The smallest absolute Gasteiger partial charge is 0.343 e. The van der Waals surface area contributed by atoms with Gasteiger partial charge in [0.05, 0.1) is 5.56 Å². The van der Waals surface area contributed by atoms with E-state index in [4.69, 9.17) is 4.74 Å². The molecule has 0 unspecified atom stereocenters. The second-order valence-electron chi connectivity index (χ2n) is 6.10. The fourth-order valence-electron chi connectivity index (χ4n) is 2.91. The zero-order chi connectivity index (χ0) is 18.5. The Bertz CT molecular complexity index is 988. The number of ether oxygens (including phenoxy) is 1. The van der Waals surface area contributed by atoms with Crippen molar-refractivity contribution >= 4 is 5.97 Å². The molecular weight excluding hydrogens is 334 g/mol. The number of pyridine rings is 1. The van der Waals surface area contributed by atoms with Crippen LogP contribution in [0.3, 0.4) is 0 Å². The molecule has 0 amide bonds. The normalized spacial score (nSPS) is 10.4. The molecule has 130 valence electrons. The number of benzene rings is 3. The van der Waals surface area contributed by atoms with Gasteiger partial charge in [-0.25, -0.2) is 4.79 Å². The van der Waals surface area contributed by atoms with Gasteiger partial charge in [0.25, 0.3) is 0 Å². The first-order chi connectivity index (χ1) is 13.3. The second kappa shape index (κ2) is 7.67. The van der Waals surface area contributed by atoms with E-state index in [0.717, 1.165) is 22.3 Å². The SMILES string of the molecule is O=C(Oc1cc(-c2ccccc2)cc(-c2ccncc2)c1)c1ccccc1. The van der Waals surface area contributed by atoms with Crippen LogP contribution in [-0.2, 0) is 0 Å². The molecule has 0 aliphatic rings. The third-order valence-corrected chi connectivity index (χ3v) is 4.25. The van der Waals surface area contributed by atoms with E-state index < -0.39 is 0 Å². The van der Waals surface area contributed by atoms with E-state index in [-0.39, 0.29) is 5.97 Å². The van der Waals surface area contributed by atoms with Crippen LogP contribution in [0, 0.1) is 0 Å². The first-order valence-electron chi connectivity index (χ1n) is 8.68. The summed E-state index contributed by atoms with van der Waals surface area (Å²) >= 11 is 0. The van der Waals surface area contributed by atoms with Crippen LogP contribution >= 0.6 is 0 Å². The Morgan fingerprint density at radius 1 is 0.630 bits per heavy atom. The molecule has 1 aromatic heterocycles. The minimum absolute atomic E-state index is 0.374. The Morgan fingerprint density at radius 2 is 1.19 bits per heavy atom. The lowest BCUT2D eigenvalue weighted by Crippen LogP contribution is -2.08. The van der Waals surface area contributed by atoms with Crippen LogP contribution < -0.4 is 4.74 Å². The average Bonchev–Trinajstić information content (AvgIpc) is 2.75. The Hall–Kier alpha value is -3.72. The van der Waals surface area contributed by atoms with E-state index >= 15 is 0 Å². The topological polar surface area (TPSA) is 39.2 Å². The summed E-state index contributed by atoms with van der Waals surface area (Å²) < 4.78 is 5.67. The van der Waals surface area contributed by atoms with Crippen molar-refractivity contribution in [3.8, 4) is 28.0 Å². The minimum Gasteiger partial charge on any atom is -0.423 e. The second-order valence-corrected chi connectivity index (χ2v) is 6.10. The van der Waals surface area contributed by atoms with E-state index in [1.54, 1.807) is 24.5 Å². The van der Waals surface area contributed by atoms with Crippen molar-refractivity contribution in [2.45, 2.75) is 0 Å². The molecule has 0 atom stereocenters. The van der Waals surface area contributed by atoms with Crippen molar-refractivity contribution in [2.24, 2.45) is 0 Å². The zero-order valence-corrected chi connectivity index (χ0v) is 14.6. The third-order valence-electron chi connectivity index (χ3n) is 4.25. The first kappa shape index (κ1) is 16.7. The van der Waals surface area contributed by atoms with E-state index in [9.17, 15) is 4.79 Å². The number of aromatic nitrogens is 1. The molecule has 1 heterocycles. The highest BCUT2D eigenvalue weighted by molar-refractivity contribution is 5.91. The molecule has 27 heavy (non-hydrogen) atoms. The quantitative estimate of drug-likeness (QED) is 0.353. The Labute approximate surface area is 157 Å². The summed E-state index contributed by atoms with van der Waals surface area (Å²) in [6.07, 6.45) is 3.50. The van der Waals surface area contributed by atoms with Crippen LogP contribution in [0.5, 0.6) is 5.75 Å². The Kier molecular flexibility index (Phi) is 4.75. The summed E-state index contributed by atoms with van der Waals surface area (Å²) in [4.78, 5) is 16.6. The van der Waals surface area contributed by atoms with Gasteiger partial charge in [-0.1, -0.05) is 48.5 Å². The molecule has 3 aromatic carbocycles. The van der Waals surface area contributed by atoms with Gasteiger partial charge in [-0.15, -0.1) is 0 Å². The minimum atomic E-state index is -0.374. The molecule has 0 radical (unpaired) electrons. The lowest BCUT2D eigenvalue weighted by Gasteiger charge is -2.11. The van der Waals surface area contributed by atoms with Crippen LogP contribution in [0.1, 0.15) is 10.4 Å². The van der Waals surface area contributed by atoms with E-state index in [2.05, 4.69) is 11.1 Å². The van der Waals surface area contributed by atoms with Gasteiger partial charge in [0.1, 0.15) is 5.75 Å². The highest BCUT2D eigenvalue weighted by atomic mass is 16.5. The molecule has 0 fully saturated rings. The molecule has 0 spiro atoms. The van der Waals surface area contributed by atoms with Crippen LogP contribution in [0.2, 0.25) is 0 Å². The molecule has 4 aromatic rings. The van der Waals surface area contributed by atoms with Crippen LogP contribution in [0.4, 0.5) is 0 Å². The highest BCUT2D eigenvalue weighted by Crippen LogP contribution is 2.31. The Morgan fingerprint density at radius 3 is 1.81 bits per heavy atom. The Balaban J connectivity index is 1.75. The molecule has 3 nitrogen and oxygen atoms in total. The van der Waals surface area contributed by atoms with Crippen molar-refractivity contribution in [3.63, 3.8) is 0 Å². The van der Waals surface area contributed by atoms with Crippen molar-refractivity contribution in [3.05, 3.63) is 109 Å². The predicted molar refractivity (Wildman–Crippen MR) is 107 cm³/mol. The molecule has 0 bridgehead atoms. The van der Waals surface area contributed by atoms with Gasteiger partial charge in [0.2, 0.25) is 0 Å². The number of carbonyl (C=O) groups is 1. The van der Waals surface area contributed by atoms with Gasteiger partial charge >= 0.3 is 5.97 Å². The molecule has 4 rings (SSSR count). The number of esters is 1. The summed E-state index contributed by atoms with van der Waals surface area (Å²) in [6, 6.07) is 28.8. The van der Waals surface area contributed by atoms with Crippen molar-refractivity contribution in [2.75, 3.05) is 0 Å². The lowest BCUT2D eigenvalue weighted by molar-refractivity contribution is 0.0735. The van der Waals surface area contributed by atoms with Crippen molar-refractivity contribution < 1.29 is 9.53 Å². The number of hydrogen-bond donors (Lipinski definition) is 0. The van der Waals surface area contributed by atoms with Crippen LogP contribution in [-0.4, -0.2) is 11.0 Å². The predicted octanol–water partition coefficient (Wildman–Crippen LogP) is 5.63. The van der Waals surface area contributed by atoms with E-state index in [1.807, 2.05) is 72.8 Å². The largest absolute Gasteiger partial charge is 0.423 e. The third kappa shape index (κ3) is 3.93. The van der Waals surface area contributed by atoms with Crippen LogP contribution in [0.25, 0.3) is 22.3 Å². The monoisotopic (exact) mass is 351 g/mol. The summed E-state index contributed by atoms with van der Waals surface area (Å²) in [6.45, 7) is 0. The standard InChI is InChI=1S/C24H17NO2/c26-24(20-9-5-2-6-10-20)27-23-16-21(18-7-3-1-4-8-18)15-22(17-23)19-11-13-25-14-12-19/h1-17H. The fraction of sp³-hybridized carbons (Fsp3) is 0. The number of rotatable bonds is 4. The molecule has 0 aliphatic carbocycles. The number of hydrogen-bond acceptors (Lipinski definition) is 3. The van der Waals surface area contributed by atoms with Crippen LogP contribution in [0.15, 0.2) is 103 Å². The summed E-state index contributed by atoms with van der Waals surface area (Å²) in [7, 11) is 0.